The SMILES string of the molecule is COc1c(Cl)cc(Cl)c(O)c1C(=O)O. The van der Waals surface area contributed by atoms with Crippen LogP contribution in [-0.2, 0) is 0 Å². The van der Waals surface area contributed by atoms with Crippen molar-refractivity contribution >= 4 is 29.2 Å². The molecular formula is C8H6Cl2O4. The van der Waals surface area contributed by atoms with Crippen molar-refractivity contribution in [3.8, 4) is 11.5 Å². The molecule has 0 aliphatic rings. The topological polar surface area (TPSA) is 66.8 Å². The van der Waals surface area contributed by atoms with Crippen LogP contribution in [0.15, 0.2) is 6.07 Å². The molecule has 0 atom stereocenters. The van der Waals surface area contributed by atoms with E-state index in [0.717, 1.165) is 0 Å². The molecule has 14 heavy (non-hydrogen) atoms. The van der Waals surface area contributed by atoms with Crippen LogP contribution in [0.5, 0.6) is 11.5 Å². The van der Waals surface area contributed by atoms with Gasteiger partial charge in [-0.15, -0.1) is 0 Å². The van der Waals surface area contributed by atoms with Gasteiger partial charge in [-0.1, -0.05) is 23.2 Å². The second-order valence-electron chi connectivity index (χ2n) is 2.40. The molecule has 0 spiro atoms. The van der Waals surface area contributed by atoms with Gasteiger partial charge in [0.05, 0.1) is 17.2 Å². The fraction of sp³-hybridized carbons (Fsp3) is 0.125. The monoisotopic (exact) mass is 236 g/mol. The van der Waals surface area contributed by atoms with Crippen molar-refractivity contribution in [2.45, 2.75) is 0 Å². The molecule has 6 heteroatoms. The van der Waals surface area contributed by atoms with Crippen molar-refractivity contribution in [1.82, 2.24) is 0 Å². The van der Waals surface area contributed by atoms with Crippen LogP contribution in [-0.4, -0.2) is 23.3 Å². The second-order valence-corrected chi connectivity index (χ2v) is 3.22. The van der Waals surface area contributed by atoms with Crippen LogP contribution >= 0.6 is 23.2 Å². The van der Waals surface area contributed by atoms with Gasteiger partial charge in [0.2, 0.25) is 0 Å². The van der Waals surface area contributed by atoms with Crippen LogP contribution in [0.3, 0.4) is 0 Å². The summed E-state index contributed by atoms with van der Waals surface area (Å²) >= 11 is 11.2. The van der Waals surface area contributed by atoms with Crippen molar-refractivity contribution in [2.75, 3.05) is 7.11 Å². The molecule has 0 heterocycles. The lowest BCUT2D eigenvalue weighted by atomic mass is 10.2. The van der Waals surface area contributed by atoms with E-state index in [1.807, 2.05) is 0 Å². The van der Waals surface area contributed by atoms with E-state index in [9.17, 15) is 9.90 Å². The van der Waals surface area contributed by atoms with E-state index in [0.29, 0.717) is 0 Å². The zero-order valence-electron chi connectivity index (χ0n) is 7.04. The summed E-state index contributed by atoms with van der Waals surface area (Å²) in [5.74, 6) is -2.02. The first-order valence-electron chi connectivity index (χ1n) is 3.47. The van der Waals surface area contributed by atoms with Gasteiger partial charge >= 0.3 is 5.97 Å². The van der Waals surface area contributed by atoms with E-state index >= 15 is 0 Å². The van der Waals surface area contributed by atoms with Gasteiger partial charge in [-0.3, -0.25) is 0 Å². The first-order chi connectivity index (χ1) is 6.49. The standard InChI is InChI=1S/C8H6Cl2O4/c1-14-7-4(10)2-3(9)6(11)5(7)8(12)13/h2,11H,1H3,(H,12,13). The number of phenols is 1. The second kappa shape index (κ2) is 3.94. The van der Waals surface area contributed by atoms with Crippen molar-refractivity contribution in [2.24, 2.45) is 0 Å². The average Bonchev–Trinajstić information content (AvgIpc) is 2.10. The highest BCUT2D eigenvalue weighted by molar-refractivity contribution is 6.37. The van der Waals surface area contributed by atoms with Crippen LogP contribution in [0, 0.1) is 0 Å². The van der Waals surface area contributed by atoms with Gasteiger partial charge < -0.3 is 14.9 Å². The van der Waals surface area contributed by atoms with Crippen LogP contribution in [0.2, 0.25) is 10.0 Å². The molecule has 0 aromatic heterocycles. The third-order valence-electron chi connectivity index (χ3n) is 1.58. The molecule has 0 unspecified atom stereocenters. The lowest BCUT2D eigenvalue weighted by Gasteiger charge is -2.09. The maximum atomic E-state index is 10.7. The van der Waals surface area contributed by atoms with E-state index in [1.165, 1.54) is 13.2 Å². The minimum absolute atomic E-state index is 0.0349. The maximum absolute atomic E-state index is 10.7. The van der Waals surface area contributed by atoms with Crippen LogP contribution in [0.1, 0.15) is 10.4 Å². The largest absolute Gasteiger partial charge is 0.505 e. The van der Waals surface area contributed by atoms with Gasteiger partial charge in [0.25, 0.3) is 0 Å². The molecule has 0 amide bonds. The molecule has 1 aromatic carbocycles. The molecule has 0 saturated carbocycles. The molecule has 1 rings (SSSR count). The summed E-state index contributed by atoms with van der Waals surface area (Å²) in [6.07, 6.45) is 0. The molecule has 2 N–H and O–H groups in total. The quantitative estimate of drug-likeness (QED) is 0.828. The first kappa shape index (κ1) is 10.9. The molecule has 0 aliphatic heterocycles. The minimum atomic E-state index is -1.36. The minimum Gasteiger partial charge on any atom is -0.505 e. The highest BCUT2D eigenvalue weighted by Crippen LogP contribution is 2.40. The normalized spacial score (nSPS) is 9.93. The van der Waals surface area contributed by atoms with Gasteiger partial charge in [-0.05, 0) is 6.07 Å². The van der Waals surface area contributed by atoms with E-state index in [4.69, 9.17) is 33.0 Å². The molecule has 76 valence electrons. The number of methoxy groups -OCH3 is 1. The third-order valence-corrected chi connectivity index (χ3v) is 2.15. The van der Waals surface area contributed by atoms with Crippen LogP contribution in [0.4, 0.5) is 0 Å². The summed E-state index contributed by atoms with van der Waals surface area (Å²) in [6.45, 7) is 0. The zero-order chi connectivity index (χ0) is 10.9. The van der Waals surface area contributed by atoms with Gasteiger partial charge in [0.1, 0.15) is 5.56 Å². The van der Waals surface area contributed by atoms with E-state index in [1.54, 1.807) is 0 Å². The summed E-state index contributed by atoms with van der Waals surface area (Å²) in [7, 11) is 1.25. The molecule has 0 aliphatic carbocycles. The predicted octanol–water partition coefficient (Wildman–Crippen LogP) is 2.41. The Balaban J connectivity index is 3.56. The lowest BCUT2D eigenvalue weighted by molar-refractivity contribution is 0.0690. The van der Waals surface area contributed by atoms with Crippen LogP contribution in [0.25, 0.3) is 0 Å². The molecular weight excluding hydrogens is 231 g/mol. The number of carboxylic acid groups (broad SMARTS) is 1. The Kier molecular flexibility index (Phi) is 3.08. The number of benzene rings is 1. The van der Waals surface area contributed by atoms with Crippen molar-refractivity contribution in [1.29, 1.82) is 0 Å². The summed E-state index contributed by atoms with van der Waals surface area (Å²) in [4.78, 5) is 10.7. The molecule has 0 radical (unpaired) electrons. The number of carbonyl (C=O) groups is 1. The van der Waals surface area contributed by atoms with Crippen molar-refractivity contribution in [3.63, 3.8) is 0 Å². The number of aromatic carboxylic acids is 1. The molecule has 0 bridgehead atoms. The van der Waals surface area contributed by atoms with E-state index in [2.05, 4.69) is 0 Å². The number of carboxylic acids is 1. The summed E-state index contributed by atoms with van der Waals surface area (Å²) < 4.78 is 4.74. The molecule has 4 nitrogen and oxygen atoms in total. The smallest absolute Gasteiger partial charge is 0.343 e. The Hall–Kier alpha value is -1.13. The Bertz CT molecular complexity index is 389. The maximum Gasteiger partial charge on any atom is 0.343 e. The predicted molar refractivity (Wildman–Crippen MR) is 51.6 cm³/mol. The lowest BCUT2D eigenvalue weighted by Crippen LogP contribution is -2.02. The number of aromatic hydroxyl groups is 1. The summed E-state index contributed by atoms with van der Waals surface area (Å²) in [5, 5.41) is 18.0. The van der Waals surface area contributed by atoms with E-state index < -0.39 is 17.3 Å². The van der Waals surface area contributed by atoms with Crippen LogP contribution < -0.4 is 4.74 Å². The first-order valence-corrected chi connectivity index (χ1v) is 4.22. The molecule has 0 fully saturated rings. The average molecular weight is 237 g/mol. The highest BCUT2D eigenvalue weighted by Gasteiger charge is 2.22. The van der Waals surface area contributed by atoms with Gasteiger partial charge in [0.15, 0.2) is 11.5 Å². The van der Waals surface area contributed by atoms with Gasteiger partial charge in [-0.2, -0.15) is 0 Å². The Morgan fingerprint density at radius 3 is 2.43 bits per heavy atom. The van der Waals surface area contributed by atoms with Crippen molar-refractivity contribution in [3.05, 3.63) is 21.7 Å². The number of halogens is 2. The Morgan fingerprint density at radius 2 is 2.00 bits per heavy atom. The summed E-state index contributed by atoms with van der Waals surface area (Å²) in [6, 6.07) is 1.21. The fourth-order valence-electron chi connectivity index (χ4n) is 0.990. The Morgan fingerprint density at radius 1 is 1.43 bits per heavy atom. The zero-order valence-corrected chi connectivity index (χ0v) is 8.56. The number of hydrogen-bond acceptors (Lipinski definition) is 3. The van der Waals surface area contributed by atoms with Gasteiger partial charge in [0, 0.05) is 0 Å². The Labute approximate surface area is 89.6 Å². The molecule has 0 saturated heterocycles. The van der Waals surface area contributed by atoms with E-state index in [-0.39, 0.29) is 15.8 Å². The molecule has 1 aromatic rings. The third kappa shape index (κ3) is 1.71. The highest BCUT2D eigenvalue weighted by atomic mass is 35.5. The van der Waals surface area contributed by atoms with Gasteiger partial charge in [-0.25, -0.2) is 4.79 Å². The summed E-state index contributed by atoms with van der Waals surface area (Å²) in [5.41, 5.74) is -0.440. The fourth-order valence-corrected chi connectivity index (χ4v) is 1.53. The number of hydrogen-bond donors (Lipinski definition) is 2. The number of ether oxygens (including phenoxy) is 1. The number of rotatable bonds is 2. The van der Waals surface area contributed by atoms with Crippen molar-refractivity contribution < 1.29 is 19.7 Å².